The Morgan fingerprint density at radius 2 is 2.00 bits per heavy atom. The van der Waals surface area contributed by atoms with Crippen LogP contribution in [0.15, 0.2) is 57.7 Å². The summed E-state index contributed by atoms with van der Waals surface area (Å²) in [5.74, 6) is 0.696. The monoisotopic (exact) mass is 268 g/mol. The van der Waals surface area contributed by atoms with Gasteiger partial charge in [-0.2, -0.15) is 0 Å². The molecule has 2 N–H and O–H groups in total. The van der Waals surface area contributed by atoms with Gasteiger partial charge in [0.05, 0.1) is 6.04 Å². The Kier molecular flexibility index (Phi) is 3.16. The molecular weight excluding hydrogens is 252 g/mol. The van der Waals surface area contributed by atoms with Gasteiger partial charge in [-0.05, 0) is 25.1 Å². The Morgan fingerprint density at radius 1 is 1.20 bits per heavy atom. The van der Waals surface area contributed by atoms with Crippen molar-refractivity contribution in [2.75, 3.05) is 0 Å². The van der Waals surface area contributed by atoms with E-state index >= 15 is 0 Å². The maximum Gasteiger partial charge on any atom is 0.250 e. The van der Waals surface area contributed by atoms with E-state index in [4.69, 9.17) is 10.2 Å². The Morgan fingerprint density at radius 3 is 2.75 bits per heavy atom. The molecule has 1 aromatic carbocycles. The molecule has 0 aliphatic rings. The lowest BCUT2D eigenvalue weighted by atomic mass is 10.2. The number of aromatic nitrogens is 1. The molecule has 4 nitrogen and oxygen atoms in total. The van der Waals surface area contributed by atoms with E-state index in [9.17, 15) is 4.79 Å². The average Bonchev–Trinajstić information content (AvgIpc) is 2.87. The highest BCUT2D eigenvalue weighted by Crippen LogP contribution is 2.23. The largest absolute Gasteiger partial charge is 0.459 e. The van der Waals surface area contributed by atoms with E-state index in [-0.39, 0.29) is 11.6 Å². The zero-order valence-electron chi connectivity index (χ0n) is 11.2. The van der Waals surface area contributed by atoms with Gasteiger partial charge in [0.1, 0.15) is 11.3 Å². The van der Waals surface area contributed by atoms with E-state index < -0.39 is 0 Å². The van der Waals surface area contributed by atoms with Gasteiger partial charge in [0.25, 0.3) is 5.56 Å². The lowest BCUT2D eigenvalue weighted by Gasteiger charge is -2.13. The summed E-state index contributed by atoms with van der Waals surface area (Å²) in [6.07, 6.45) is 0. The molecule has 102 valence electrons. The van der Waals surface area contributed by atoms with Crippen molar-refractivity contribution < 1.29 is 4.42 Å². The molecule has 0 spiro atoms. The summed E-state index contributed by atoms with van der Waals surface area (Å²) in [6, 6.07) is 14.5. The molecule has 0 aliphatic heterocycles. The molecule has 3 aromatic rings. The standard InChI is InChI=1S/C16H16N2O2/c1-11-5-4-8-16(19)18(11)10-13(17)15-9-12-6-2-3-7-14(12)20-15/h2-9,13H,10,17H2,1H3. The second kappa shape index (κ2) is 4.98. The van der Waals surface area contributed by atoms with Crippen LogP contribution in [-0.2, 0) is 6.54 Å². The third kappa shape index (κ3) is 2.26. The molecule has 0 aliphatic carbocycles. The molecule has 1 atom stereocenters. The van der Waals surface area contributed by atoms with Gasteiger partial charge in [0.15, 0.2) is 0 Å². The Balaban J connectivity index is 1.93. The topological polar surface area (TPSA) is 61.2 Å². The lowest BCUT2D eigenvalue weighted by molar-refractivity contribution is 0.447. The van der Waals surface area contributed by atoms with Crippen LogP contribution < -0.4 is 11.3 Å². The SMILES string of the molecule is Cc1cccc(=O)n1CC(N)c1cc2ccccc2o1. The highest BCUT2D eigenvalue weighted by Gasteiger charge is 2.14. The van der Waals surface area contributed by atoms with Gasteiger partial charge in [0, 0.05) is 23.7 Å². The third-order valence-corrected chi connectivity index (χ3v) is 3.46. The molecule has 0 radical (unpaired) electrons. The quantitative estimate of drug-likeness (QED) is 0.794. The summed E-state index contributed by atoms with van der Waals surface area (Å²) in [6.45, 7) is 2.30. The second-order valence-corrected chi connectivity index (χ2v) is 4.91. The van der Waals surface area contributed by atoms with Crippen molar-refractivity contribution in [3.05, 3.63) is 70.3 Å². The zero-order valence-corrected chi connectivity index (χ0v) is 11.2. The van der Waals surface area contributed by atoms with Crippen molar-refractivity contribution >= 4 is 11.0 Å². The van der Waals surface area contributed by atoms with Gasteiger partial charge >= 0.3 is 0 Å². The fraction of sp³-hybridized carbons (Fsp3) is 0.188. The third-order valence-electron chi connectivity index (χ3n) is 3.46. The normalized spacial score (nSPS) is 12.7. The van der Waals surface area contributed by atoms with Crippen LogP contribution in [0.4, 0.5) is 0 Å². The summed E-state index contributed by atoms with van der Waals surface area (Å²) in [5, 5.41) is 1.02. The first-order valence-corrected chi connectivity index (χ1v) is 6.55. The first-order valence-electron chi connectivity index (χ1n) is 6.55. The number of aryl methyl sites for hydroxylation is 1. The van der Waals surface area contributed by atoms with Gasteiger partial charge < -0.3 is 14.7 Å². The van der Waals surface area contributed by atoms with Crippen LogP contribution in [0, 0.1) is 6.92 Å². The molecule has 3 rings (SSSR count). The summed E-state index contributed by atoms with van der Waals surface area (Å²) >= 11 is 0. The van der Waals surface area contributed by atoms with Gasteiger partial charge in [-0.25, -0.2) is 0 Å². The summed E-state index contributed by atoms with van der Waals surface area (Å²) < 4.78 is 7.41. The van der Waals surface area contributed by atoms with Crippen molar-refractivity contribution in [3.8, 4) is 0 Å². The first-order chi connectivity index (χ1) is 9.65. The number of hydrogen-bond acceptors (Lipinski definition) is 3. The lowest BCUT2D eigenvalue weighted by Crippen LogP contribution is -2.27. The Hall–Kier alpha value is -2.33. The van der Waals surface area contributed by atoms with Gasteiger partial charge in [-0.1, -0.05) is 24.3 Å². The predicted molar refractivity (Wildman–Crippen MR) is 78.6 cm³/mol. The zero-order chi connectivity index (χ0) is 14.1. The van der Waals surface area contributed by atoms with E-state index in [1.165, 1.54) is 0 Å². The predicted octanol–water partition coefficient (Wildman–Crippen LogP) is 2.60. The second-order valence-electron chi connectivity index (χ2n) is 4.91. The number of nitrogens with two attached hydrogens (primary N) is 1. The van der Waals surface area contributed by atoms with Crippen LogP contribution in [0.3, 0.4) is 0 Å². The average molecular weight is 268 g/mol. The van der Waals surface area contributed by atoms with Gasteiger partial charge in [-0.3, -0.25) is 4.79 Å². The summed E-state index contributed by atoms with van der Waals surface area (Å²) in [4.78, 5) is 11.9. The van der Waals surface area contributed by atoms with Gasteiger partial charge in [0.2, 0.25) is 0 Å². The number of furan rings is 1. The molecule has 0 fully saturated rings. The number of pyridine rings is 1. The Bertz CT molecular complexity index is 768. The molecule has 1 unspecified atom stereocenters. The van der Waals surface area contributed by atoms with E-state index in [0.717, 1.165) is 16.7 Å². The minimum Gasteiger partial charge on any atom is -0.459 e. The molecular formula is C16H16N2O2. The number of hydrogen-bond donors (Lipinski definition) is 1. The van der Waals surface area contributed by atoms with Crippen LogP contribution in [0.5, 0.6) is 0 Å². The van der Waals surface area contributed by atoms with E-state index in [2.05, 4.69) is 0 Å². The van der Waals surface area contributed by atoms with E-state index in [0.29, 0.717) is 12.3 Å². The Labute approximate surface area is 116 Å². The van der Waals surface area contributed by atoms with Crippen LogP contribution in [0.25, 0.3) is 11.0 Å². The minimum atomic E-state index is -0.346. The van der Waals surface area contributed by atoms with Crippen molar-refractivity contribution in [1.29, 1.82) is 0 Å². The van der Waals surface area contributed by atoms with Crippen molar-refractivity contribution in [2.45, 2.75) is 19.5 Å². The van der Waals surface area contributed by atoms with Crippen LogP contribution >= 0.6 is 0 Å². The fourth-order valence-electron chi connectivity index (χ4n) is 2.33. The number of benzene rings is 1. The molecule has 0 saturated carbocycles. The van der Waals surface area contributed by atoms with Crippen LogP contribution in [-0.4, -0.2) is 4.57 Å². The van der Waals surface area contributed by atoms with Crippen molar-refractivity contribution in [3.63, 3.8) is 0 Å². The fourth-order valence-corrected chi connectivity index (χ4v) is 2.33. The number of nitrogens with zero attached hydrogens (tertiary/aromatic N) is 1. The number of para-hydroxylation sites is 1. The highest BCUT2D eigenvalue weighted by atomic mass is 16.3. The molecule has 0 amide bonds. The van der Waals surface area contributed by atoms with E-state index in [1.807, 2.05) is 43.3 Å². The molecule has 20 heavy (non-hydrogen) atoms. The number of fused-ring (bicyclic) bond motifs is 1. The molecule has 2 heterocycles. The molecule has 4 heteroatoms. The smallest absolute Gasteiger partial charge is 0.250 e. The highest BCUT2D eigenvalue weighted by molar-refractivity contribution is 5.77. The summed E-state index contributed by atoms with van der Waals surface area (Å²) in [5.41, 5.74) is 7.84. The van der Waals surface area contributed by atoms with Gasteiger partial charge in [-0.15, -0.1) is 0 Å². The maximum absolute atomic E-state index is 11.9. The number of rotatable bonds is 3. The molecule has 2 aromatic heterocycles. The molecule has 0 saturated heterocycles. The van der Waals surface area contributed by atoms with Crippen LogP contribution in [0.2, 0.25) is 0 Å². The summed E-state index contributed by atoms with van der Waals surface area (Å²) in [7, 11) is 0. The van der Waals surface area contributed by atoms with Crippen LogP contribution in [0.1, 0.15) is 17.5 Å². The molecule has 0 bridgehead atoms. The van der Waals surface area contributed by atoms with E-state index in [1.54, 1.807) is 16.7 Å². The first kappa shape index (κ1) is 12.7. The van der Waals surface area contributed by atoms with Crippen molar-refractivity contribution in [1.82, 2.24) is 4.57 Å². The van der Waals surface area contributed by atoms with Crippen molar-refractivity contribution in [2.24, 2.45) is 5.73 Å². The minimum absolute atomic E-state index is 0.0449. The maximum atomic E-state index is 11.9.